The molecule has 0 aliphatic carbocycles. The van der Waals surface area contributed by atoms with Crippen LogP contribution in [-0.2, 0) is 25.5 Å². The fraction of sp³-hybridized carbons (Fsp3) is 0.727. The number of rotatable bonds is 5. The lowest BCUT2D eigenvalue weighted by molar-refractivity contribution is -0.124. The topological polar surface area (TPSA) is 100.0 Å². The SMILES string of the molecule is COC(=O)c1c(Br)nc(C2CCOCC2)n1CC(=O)[C@@H]1CN(C(=O)OC(C)(C)C)C[C@H]1C. The normalized spacial score (nSPS) is 22.1. The van der Waals surface area contributed by atoms with Crippen LogP contribution < -0.4 is 0 Å². The largest absolute Gasteiger partial charge is 0.464 e. The number of methoxy groups -OCH3 is 1. The number of esters is 1. The average molecular weight is 514 g/mol. The summed E-state index contributed by atoms with van der Waals surface area (Å²) in [4.78, 5) is 44.5. The highest BCUT2D eigenvalue weighted by Crippen LogP contribution is 2.32. The highest BCUT2D eigenvalue weighted by Gasteiger charge is 2.39. The molecule has 32 heavy (non-hydrogen) atoms. The van der Waals surface area contributed by atoms with E-state index >= 15 is 0 Å². The maximum atomic E-state index is 13.4. The Morgan fingerprint density at radius 1 is 1.19 bits per heavy atom. The number of carbonyl (C=O) groups is 3. The summed E-state index contributed by atoms with van der Waals surface area (Å²) in [5.41, 5.74) is -0.364. The van der Waals surface area contributed by atoms with E-state index in [1.807, 2.05) is 27.7 Å². The van der Waals surface area contributed by atoms with Crippen molar-refractivity contribution in [2.24, 2.45) is 11.8 Å². The average Bonchev–Trinajstić information content (AvgIpc) is 3.27. The van der Waals surface area contributed by atoms with Crippen molar-refractivity contribution in [3.05, 3.63) is 16.1 Å². The molecule has 0 N–H and O–H groups in total. The third kappa shape index (κ3) is 5.51. The van der Waals surface area contributed by atoms with Crippen molar-refractivity contribution in [3.63, 3.8) is 0 Å². The van der Waals surface area contributed by atoms with Gasteiger partial charge in [-0.2, -0.15) is 0 Å². The first-order chi connectivity index (χ1) is 15.0. The van der Waals surface area contributed by atoms with E-state index in [-0.39, 0.29) is 35.8 Å². The number of ketones is 1. The fourth-order valence-corrected chi connectivity index (χ4v) is 4.85. The smallest absolute Gasteiger partial charge is 0.410 e. The highest BCUT2D eigenvalue weighted by molar-refractivity contribution is 9.10. The zero-order chi connectivity index (χ0) is 23.6. The number of amides is 1. The standard InChI is InChI=1S/C22H32BrN3O6/c1-13-10-25(21(29)32-22(2,3)4)11-15(13)16(27)12-26-17(20(28)30-5)18(23)24-19(26)14-6-8-31-9-7-14/h13-15H,6-12H2,1-5H3/t13-,15-/m1/s1. The van der Waals surface area contributed by atoms with Crippen molar-refractivity contribution in [3.8, 4) is 0 Å². The van der Waals surface area contributed by atoms with E-state index in [2.05, 4.69) is 20.9 Å². The summed E-state index contributed by atoms with van der Waals surface area (Å²) in [7, 11) is 1.31. The molecule has 178 valence electrons. The van der Waals surface area contributed by atoms with Crippen molar-refractivity contribution < 1.29 is 28.6 Å². The van der Waals surface area contributed by atoms with E-state index in [9.17, 15) is 14.4 Å². The van der Waals surface area contributed by atoms with Gasteiger partial charge < -0.3 is 23.7 Å². The Hall–Kier alpha value is -1.94. The molecule has 1 aromatic rings. The first-order valence-corrected chi connectivity index (χ1v) is 11.7. The molecule has 0 spiro atoms. The summed E-state index contributed by atoms with van der Waals surface area (Å²) in [6.07, 6.45) is 1.12. The third-order valence-corrected chi connectivity index (χ3v) is 6.46. The lowest BCUT2D eigenvalue weighted by Crippen LogP contribution is -2.36. The van der Waals surface area contributed by atoms with Crippen molar-refractivity contribution in [2.45, 2.75) is 58.6 Å². The van der Waals surface area contributed by atoms with Gasteiger partial charge in [0.05, 0.1) is 13.7 Å². The van der Waals surface area contributed by atoms with Crippen LogP contribution in [0.15, 0.2) is 4.60 Å². The van der Waals surface area contributed by atoms with Gasteiger partial charge in [0.25, 0.3) is 0 Å². The molecule has 2 aliphatic heterocycles. The second-order valence-corrected chi connectivity index (χ2v) is 10.3. The Morgan fingerprint density at radius 2 is 1.84 bits per heavy atom. The Bertz CT molecular complexity index is 872. The van der Waals surface area contributed by atoms with Gasteiger partial charge in [-0.05, 0) is 55.5 Å². The number of halogens is 1. The molecule has 0 saturated carbocycles. The minimum atomic E-state index is -0.598. The predicted octanol–water partition coefficient (Wildman–Crippen LogP) is 3.40. The molecule has 3 rings (SSSR count). The summed E-state index contributed by atoms with van der Waals surface area (Å²) in [6, 6.07) is 0. The second kappa shape index (κ2) is 9.91. The second-order valence-electron chi connectivity index (χ2n) is 9.51. The fourth-order valence-electron chi connectivity index (χ4n) is 4.29. The summed E-state index contributed by atoms with van der Waals surface area (Å²) in [5, 5.41) is 0. The maximum absolute atomic E-state index is 13.4. The van der Waals surface area contributed by atoms with Crippen LogP contribution in [-0.4, -0.2) is 71.3 Å². The molecule has 2 saturated heterocycles. The number of ether oxygens (including phenoxy) is 3. The highest BCUT2D eigenvalue weighted by atomic mass is 79.9. The van der Waals surface area contributed by atoms with Crippen molar-refractivity contribution in [1.29, 1.82) is 0 Å². The molecule has 3 heterocycles. The van der Waals surface area contributed by atoms with Gasteiger partial charge in [-0.15, -0.1) is 0 Å². The number of hydrogen-bond donors (Lipinski definition) is 0. The monoisotopic (exact) mass is 513 g/mol. The molecule has 10 heteroatoms. The quantitative estimate of drug-likeness (QED) is 0.556. The number of aromatic nitrogens is 2. The van der Waals surface area contributed by atoms with Crippen molar-refractivity contribution >= 4 is 33.8 Å². The van der Waals surface area contributed by atoms with Gasteiger partial charge in [-0.3, -0.25) is 4.79 Å². The van der Waals surface area contributed by atoms with Gasteiger partial charge in [0.1, 0.15) is 16.0 Å². The lowest BCUT2D eigenvalue weighted by atomic mass is 9.93. The lowest BCUT2D eigenvalue weighted by Gasteiger charge is -2.24. The molecule has 2 fully saturated rings. The minimum Gasteiger partial charge on any atom is -0.464 e. The van der Waals surface area contributed by atoms with Crippen LogP contribution in [0.1, 0.15) is 62.8 Å². The molecule has 2 atom stereocenters. The number of imidazole rings is 1. The zero-order valence-electron chi connectivity index (χ0n) is 19.4. The minimum absolute atomic E-state index is 0.00705. The number of carbonyl (C=O) groups excluding carboxylic acids is 3. The van der Waals surface area contributed by atoms with E-state index in [1.54, 1.807) is 9.47 Å². The molecule has 0 aromatic carbocycles. The van der Waals surface area contributed by atoms with Gasteiger partial charge in [-0.25, -0.2) is 14.6 Å². The Labute approximate surface area is 196 Å². The van der Waals surface area contributed by atoms with Crippen molar-refractivity contribution in [1.82, 2.24) is 14.5 Å². The molecule has 1 amide bonds. The van der Waals surface area contributed by atoms with Gasteiger partial charge in [0, 0.05) is 38.1 Å². The first-order valence-electron chi connectivity index (χ1n) is 10.9. The molecule has 1 aromatic heterocycles. The predicted molar refractivity (Wildman–Crippen MR) is 120 cm³/mol. The van der Waals surface area contributed by atoms with Crippen LogP contribution in [0.4, 0.5) is 4.79 Å². The summed E-state index contributed by atoms with van der Waals surface area (Å²) < 4.78 is 17.9. The summed E-state index contributed by atoms with van der Waals surface area (Å²) >= 11 is 3.37. The van der Waals surface area contributed by atoms with Gasteiger partial charge in [-0.1, -0.05) is 6.92 Å². The maximum Gasteiger partial charge on any atom is 0.410 e. The molecule has 0 bridgehead atoms. The number of Topliss-reactive ketones (excluding diaryl/α,β-unsaturated/α-hetero) is 1. The van der Waals surface area contributed by atoms with Crippen LogP contribution >= 0.6 is 15.9 Å². The van der Waals surface area contributed by atoms with Crippen LogP contribution in [0.5, 0.6) is 0 Å². The summed E-state index contributed by atoms with van der Waals surface area (Å²) in [6.45, 7) is 9.37. The molecule has 0 unspecified atom stereocenters. The molecule has 2 aliphatic rings. The summed E-state index contributed by atoms with van der Waals surface area (Å²) in [5.74, 6) is -0.196. The van der Waals surface area contributed by atoms with E-state index in [0.29, 0.717) is 36.7 Å². The Kier molecular flexibility index (Phi) is 7.65. The number of hydrogen-bond acceptors (Lipinski definition) is 7. The molecule has 0 radical (unpaired) electrons. The van der Waals surface area contributed by atoms with Crippen LogP contribution in [0, 0.1) is 11.8 Å². The Morgan fingerprint density at radius 3 is 2.44 bits per heavy atom. The van der Waals surface area contributed by atoms with Crippen LogP contribution in [0.2, 0.25) is 0 Å². The third-order valence-electron chi connectivity index (χ3n) is 5.91. The van der Waals surface area contributed by atoms with Crippen LogP contribution in [0.25, 0.3) is 0 Å². The van der Waals surface area contributed by atoms with Gasteiger partial charge >= 0.3 is 12.1 Å². The van der Waals surface area contributed by atoms with Crippen molar-refractivity contribution in [2.75, 3.05) is 33.4 Å². The Balaban J connectivity index is 1.82. The van der Waals surface area contributed by atoms with E-state index in [1.165, 1.54) is 7.11 Å². The van der Waals surface area contributed by atoms with Gasteiger partial charge in [0.15, 0.2) is 11.5 Å². The molecule has 9 nitrogen and oxygen atoms in total. The van der Waals surface area contributed by atoms with E-state index in [4.69, 9.17) is 14.2 Å². The van der Waals surface area contributed by atoms with Gasteiger partial charge in [0.2, 0.25) is 0 Å². The first kappa shape index (κ1) is 24.7. The van der Waals surface area contributed by atoms with E-state index < -0.39 is 17.7 Å². The molecular weight excluding hydrogens is 482 g/mol. The van der Waals surface area contributed by atoms with E-state index in [0.717, 1.165) is 12.8 Å². The molecular formula is C22H32BrN3O6. The van der Waals surface area contributed by atoms with Crippen LogP contribution in [0.3, 0.4) is 0 Å². The number of likely N-dealkylation sites (tertiary alicyclic amines) is 1. The number of nitrogens with zero attached hydrogens (tertiary/aromatic N) is 3. The zero-order valence-corrected chi connectivity index (χ0v) is 20.9.